The third kappa shape index (κ3) is 3.10. The molecule has 0 aromatic carbocycles. The van der Waals surface area contributed by atoms with Crippen LogP contribution in [-0.2, 0) is 0 Å². The van der Waals surface area contributed by atoms with E-state index in [4.69, 9.17) is 0 Å². The predicted octanol–water partition coefficient (Wildman–Crippen LogP) is 2.44. The summed E-state index contributed by atoms with van der Waals surface area (Å²) in [7, 11) is 0. The van der Waals surface area contributed by atoms with E-state index in [1.54, 1.807) is 22.2 Å². The molecule has 2 aromatic heterocycles. The topological polar surface area (TPSA) is 54.9 Å². The number of carbonyl (C=O) groups is 1. The Bertz CT molecular complexity index is 493. The molecular weight excluding hydrogens is 254 g/mol. The molecule has 2 aromatic rings. The number of carbonyl (C=O) groups excluding carboxylic acids is 1. The van der Waals surface area contributed by atoms with Gasteiger partial charge in [0, 0.05) is 28.9 Å². The van der Waals surface area contributed by atoms with Crippen LogP contribution in [0.25, 0.3) is 0 Å². The maximum absolute atomic E-state index is 11.7. The minimum atomic E-state index is -0.119. The van der Waals surface area contributed by atoms with E-state index in [-0.39, 0.29) is 11.8 Å². The monoisotopic (exact) mass is 267 g/mol. The second-order valence-corrected chi connectivity index (χ2v) is 5.42. The lowest BCUT2D eigenvalue weighted by Crippen LogP contribution is -2.27. The average molecular weight is 267 g/mol. The van der Waals surface area contributed by atoms with Gasteiger partial charge in [-0.3, -0.25) is 4.79 Å². The Morgan fingerprint density at radius 3 is 2.94 bits per heavy atom. The molecule has 0 bridgehead atoms. The summed E-state index contributed by atoms with van der Waals surface area (Å²) >= 11 is 3.05. The standard InChI is InChI=1S/C11H13N3OS2/c1-7(11-14-8(2)4-17-11)3-12-10(15)9-5-16-6-13-9/h4-7H,3H2,1-2H3,(H,12,15)/t7-/m0/s1. The van der Waals surface area contributed by atoms with Gasteiger partial charge in [0.05, 0.1) is 10.5 Å². The van der Waals surface area contributed by atoms with E-state index in [1.165, 1.54) is 11.3 Å². The first-order chi connectivity index (χ1) is 8.16. The second-order valence-electron chi connectivity index (χ2n) is 3.81. The molecule has 6 heteroatoms. The van der Waals surface area contributed by atoms with Gasteiger partial charge < -0.3 is 5.32 Å². The van der Waals surface area contributed by atoms with Crippen molar-refractivity contribution in [3.8, 4) is 0 Å². The molecule has 0 aliphatic rings. The fourth-order valence-electron chi connectivity index (χ4n) is 1.35. The number of nitrogens with one attached hydrogen (secondary N) is 1. The highest BCUT2D eigenvalue weighted by molar-refractivity contribution is 7.09. The fourth-order valence-corrected chi connectivity index (χ4v) is 2.74. The molecule has 1 atom stereocenters. The molecule has 0 radical (unpaired) electrons. The third-order valence-electron chi connectivity index (χ3n) is 2.29. The third-order valence-corrected chi connectivity index (χ3v) is 4.07. The molecule has 0 saturated heterocycles. The highest BCUT2D eigenvalue weighted by Gasteiger charge is 2.12. The van der Waals surface area contributed by atoms with Crippen molar-refractivity contribution in [1.82, 2.24) is 15.3 Å². The van der Waals surface area contributed by atoms with Crippen molar-refractivity contribution >= 4 is 28.6 Å². The highest BCUT2D eigenvalue weighted by atomic mass is 32.1. The zero-order chi connectivity index (χ0) is 12.3. The molecule has 1 amide bonds. The maximum Gasteiger partial charge on any atom is 0.270 e. The number of nitrogens with zero attached hydrogens (tertiary/aromatic N) is 2. The molecule has 0 unspecified atom stereocenters. The van der Waals surface area contributed by atoms with Crippen molar-refractivity contribution in [2.24, 2.45) is 0 Å². The molecule has 2 heterocycles. The van der Waals surface area contributed by atoms with E-state index in [0.717, 1.165) is 10.7 Å². The number of hydrogen-bond donors (Lipinski definition) is 1. The second kappa shape index (κ2) is 5.37. The van der Waals surface area contributed by atoms with Crippen LogP contribution in [0.2, 0.25) is 0 Å². The van der Waals surface area contributed by atoms with Crippen molar-refractivity contribution in [2.75, 3.05) is 6.54 Å². The van der Waals surface area contributed by atoms with Gasteiger partial charge in [0.2, 0.25) is 0 Å². The van der Waals surface area contributed by atoms with Crippen molar-refractivity contribution in [2.45, 2.75) is 19.8 Å². The highest BCUT2D eigenvalue weighted by Crippen LogP contribution is 2.18. The minimum Gasteiger partial charge on any atom is -0.350 e. The molecule has 0 saturated carbocycles. The van der Waals surface area contributed by atoms with Crippen LogP contribution in [0.4, 0.5) is 0 Å². The van der Waals surface area contributed by atoms with Gasteiger partial charge in [-0.1, -0.05) is 6.92 Å². The van der Waals surface area contributed by atoms with Crippen LogP contribution in [0.3, 0.4) is 0 Å². The lowest BCUT2D eigenvalue weighted by molar-refractivity contribution is 0.0947. The molecule has 17 heavy (non-hydrogen) atoms. The summed E-state index contributed by atoms with van der Waals surface area (Å²) in [6, 6.07) is 0. The summed E-state index contributed by atoms with van der Waals surface area (Å²) in [6.07, 6.45) is 0. The number of aromatic nitrogens is 2. The van der Waals surface area contributed by atoms with E-state index >= 15 is 0 Å². The molecule has 0 aliphatic heterocycles. The molecule has 1 N–H and O–H groups in total. The van der Waals surface area contributed by atoms with Gasteiger partial charge in [-0.15, -0.1) is 22.7 Å². The van der Waals surface area contributed by atoms with E-state index in [0.29, 0.717) is 12.2 Å². The van der Waals surface area contributed by atoms with Gasteiger partial charge in [-0.2, -0.15) is 0 Å². The van der Waals surface area contributed by atoms with Gasteiger partial charge in [0.1, 0.15) is 5.69 Å². The summed E-state index contributed by atoms with van der Waals surface area (Å²) in [5.41, 5.74) is 3.17. The van der Waals surface area contributed by atoms with Gasteiger partial charge in [-0.05, 0) is 6.92 Å². The molecular formula is C11H13N3OS2. The summed E-state index contributed by atoms with van der Waals surface area (Å²) in [4.78, 5) is 20.0. The van der Waals surface area contributed by atoms with Gasteiger partial charge in [0.15, 0.2) is 0 Å². The number of amides is 1. The summed E-state index contributed by atoms with van der Waals surface area (Å²) in [6.45, 7) is 4.61. The maximum atomic E-state index is 11.7. The predicted molar refractivity (Wildman–Crippen MR) is 69.7 cm³/mol. The van der Waals surface area contributed by atoms with Crippen LogP contribution in [0, 0.1) is 6.92 Å². The van der Waals surface area contributed by atoms with Crippen molar-refractivity contribution < 1.29 is 4.79 Å². The Labute approximate surface area is 108 Å². The van der Waals surface area contributed by atoms with Gasteiger partial charge in [-0.25, -0.2) is 9.97 Å². The largest absolute Gasteiger partial charge is 0.350 e. The number of thiazole rings is 2. The van der Waals surface area contributed by atoms with Crippen LogP contribution in [0.5, 0.6) is 0 Å². The van der Waals surface area contributed by atoms with Crippen LogP contribution >= 0.6 is 22.7 Å². The first-order valence-corrected chi connectivity index (χ1v) is 7.07. The summed E-state index contributed by atoms with van der Waals surface area (Å²) in [5, 5.41) is 7.69. The normalized spacial score (nSPS) is 12.4. The Hall–Kier alpha value is -1.27. The molecule has 0 fully saturated rings. The van der Waals surface area contributed by atoms with Crippen molar-refractivity contribution in [3.05, 3.63) is 32.7 Å². The number of aryl methyl sites for hydroxylation is 1. The van der Waals surface area contributed by atoms with Crippen LogP contribution in [0.1, 0.15) is 34.0 Å². The SMILES string of the molecule is Cc1csc([C@@H](C)CNC(=O)c2cscn2)n1. The van der Waals surface area contributed by atoms with Crippen LogP contribution in [-0.4, -0.2) is 22.4 Å². The minimum absolute atomic E-state index is 0.119. The summed E-state index contributed by atoms with van der Waals surface area (Å²) < 4.78 is 0. The Kier molecular flexibility index (Phi) is 3.86. The number of rotatable bonds is 4. The fraction of sp³-hybridized carbons (Fsp3) is 0.364. The van der Waals surface area contributed by atoms with E-state index in [1.807, 2.05) is 12.3 Å². The van der Waals surface area contributed by atoms with Crippen molar-refractivity contribution in [1.29, 1.82) is 0 Å². The quantitative estimate of drug-likeness (QED) is 0.925. The zero-order valence-electron chi connectivity index (χ0n) is 9.64. The molecule has 0 spiro atoms. The van der Waals surface area contributed by atoms with Gasteiger partial charge >= 0.3 is 0 Å². The smallest absolute Gasteiger partial charge is 0.270 e. The van der Waals surface area contributed by atoms with E-state index in [2.05, 4.69) is 22.2 Å². The summed E-state index contributed by atoms with van der Waals surface area (Å²) in [5.74, 6) is 0.114. The molecule has 90 valence electrons. The average Bonchev–Trinajstić information content (AvgIpc) is 2.95. The molecule has 4 nitrogen and oxygen atoms in total. The van der Waals surface area contributed by atoms with Crippen molar-refractivity contribution in [3.63, 3.8) is 0 Å². The Balaban J connectivity index is 1.88. The lowest BCUT2D eigenvalue weighted by atomic mass is 10.2. The first kappa shape index (κ1) is 12.2. The van der Waals surface area contributed by atoms with E-state index in [9.17, 15) is 4.79 Å². The lowest BCUT2D eigenvalue weighted by Gasteiger charge is -2.08. The van der Waals surface area contributed by atoms with Gasteiger partial charge in [0.25, 0.3) is 5.91 Å². The Morgan fingerprint density at radius 2 is 2.35 bits per heavy atom. The first-order valence-electron chi connectivity index (χ1n) is 5.25. The molecule has 2 rings (SSSR count). The number of hydrogen-bond acceptors (Lipinski definition) is 5. The van der Waals surface area contributed by atoms with E-state index < -0.39 is 0 Å². The Morgan fingerprint density at radius 1 is 1.53 bits per heavy atom. The van der Waals surface area contributed by atoms with Crippen LogP contribution in [0.15, 0.2) is 16.3 Å². The van der Waals surface area contributed by atoms with Crippen LogP contribution < -0.4 is 5.32 Å². The molecule has 0 aliphatic carbocycles. The zero-order valence-corrected chi connectivity index (χ0v) is 11.3.